The molecule has 1 amide bonds. The molecule has 0 bridgehead atoms. The number of nitrogens with zero attached hydrogens (tertiary/aromatic N) is 1. The molecule has 0 saturated heterocycles. The summed E-state index contributed by atoms with van der Waals surface area (Å²) in [6.45, 7) is 2.19. The molecule has 1 aliphatic carbocycles. The summed E-state index contributed by atoms with van der Waals surface area (Å²) in [5, 5.41) is 10.7. The van der Waals surface area contributed by atoms with Crippen molar-refractivity contribution in [2.75, 3.05) is 5.73 Å². The number of carbonyl (C=O) groups excluding carboxylic acids is 1. The standard InChI is InChI=1S/C13H16N4O/c1-7-4-9(5-7)15-13(18)12-10-6-8(14)2-3-11(10)16-17-12/h2-3,6-7,9H,4-5,14H2,1H3,(H,15,18)(H,16,17). The zero-order valence-corrected chi connectivity index (χ0v) is 10.2. The van der Waals surface area contributed by atoms with Crippen molar-refractivity contribution in [3.63, 3.8) is 0 Å². The summed E-state index contributed by atoms with van der Waals surface area (Å²) in [6.07, 6.45) is 2.10. The second-order valence-corrected chi connectivity index (χ2v) is 5.12. The SMILES string of the molecule is CC1CC(NC(=O)c2n[nH]c3ccc(N)cc23)C1. The van der Waals surface area contributed by atoms with E-state index in [0.29, 0.717) is 23.3 Å². The van der Waals surface area contributed by atoms with Gasteiger partial charge in [-0.05, 0) is 37.0 Å². The highest BCUT2D eigenvalue weighted by Crippen LogP contribution is 2.27. The monoisotopic (exact) mass is 244 g/mol. The fourth-order valence-corrected chi connectivity index (χ4v) is 2.48. The molecule has 4 N–H and O–H groups in total. The van der Waals surface area contributed by atoms with Crippen LogP contribution in [-0.4, -0.2) is 22.1 Å². The van der Waals surface area contributed by atoms with Gasteiger partial charge in [-0.15, -0.1) is 0 Å². The van der Waals surface area contributed by atoms with Gasteiger partial charge in [-0.2, -0.15) is 5.10 Å². The number of hydrogen-bond donors (Lipinski definition) is 3. The van der Waals surface area contributed by atoms with E-state index in [1.165, 1.54) is 0 Å². The molecule has 1 aromatic heterocycles. The van der Waals surface area contributed by atoms with Crippen LogP contribution in [0.15, 0.2) is 18.2 Å². The topological polar surface area (TPSA) is 83.8 Å². The molecule has 1 aromatic carbocycles. The Hall–Kier alpha value is -2.04. The number of nitrogen functional groups attached to an aromatic ring is 1. The zero-order chi connectivity index (χ0) is 12.7. The number of benzene rings is 1. The zero-order valence-electron chi connectivity index (χ0n) is 10.2. The number of nitrogens with two attached hydrogens (primary N) is 1. The van der Waals surface area contributed by atoms with Gasteiger partial charge in [0.05, 0.1) is 5.52 Å². The Morgan fingerprint density at radius 1 is 1.50 bits per heavy atom. The summed E-state index contributed by atoms with van der Waals surface area (Å²) >= 11 is 0. The first kappa shape index (κ1) is 11.1. The van der Waals surface area contributed by atoms with E-state index in [1.54, 1.807) is 12.1 Å². The highest BCUT2D eigenvalue weighted by molar-refractivity contribution is 6.05. The first-order chi connectivity index (χ1) is 8.63. The normalized spacial score (nSPS) is 22.7. The van der Waals surface area contributed by atoms with Crippen molar-refractivity contribution in [2.45, 2.75) is 25.8 Å². The number of rotatable bonds is 2. The first-order valence-corrected chi connectivity index (χ1v) is 6.18. The number of aromatic amines is 1. The molecule has 2 aromatic rings. The van der Waals surface area contributed by atoms with E-state index in [1.807, 2.05) is 6.07 Å². The number of anilines is 1. The maximum atomic E-state index is 12.1. The lowest BCUT2D eigenvalue weighted by atomic mass is 9.82. The molecule has 1 fully saturated rings. The Morgan fingerprint density at radius 3 is 3.00 bits per heavy atom. The minimum Gasteiger partial charge on any atom is -0.399 e. The molecule has 1 heterocycles. The van der Waals surface area contributed by atoms with Crippen LogP contribution in [0.25, 0.3) is 10.9 Å². The molecule has 0 radical (unpaired) electrons. The second-order valence-electron chi connectivity index (χ2n) is 5.12. The van der Waals surface area contributed by atoms with Crippen molar-refractivity contribution in [2.24, 2.45) is 5.92 Å². The van der Waals surface area contributed by atoms with Crippen LogP contribution in [0.5, 0.6) is 0 Å². The van der Waals surface area contributed by atoms with Crippen molar-refractivity contribution >= 4 is 22.5 Å². The molecule has 5 nitrogen and oxygen atoms in total. The van der Waals surface area contributed by atoms with Gasteiger partial charge in [-0.25, -0.2) is 0 Å². The van der Waals surface area contributed by atoms with E-state index in [4.69, 9.17) is 5.73 Å². The lowest BCUT2D eigenvalue weighted by molar-refractivity contribution is 0.0892. The van der Waals surface area contributed by atoms with Gasteiger partial charge in [0, 0.05) is 17.1 Å². The third-order valence-electron chi connectivity index (χ3n) is 3.51. The number of aromatic nitrogens is 2. The van der Waals surface area contributed by atoms with Gasteiger partial charge in [0.1, 0.15) is 0 Å². The van der Waals surface area contributed by atoms with Gasteiger partial charge in [-0.1, -0.05) is 6.92 Å². The third kappa shape index (κ3) is 1.81. The summed E-state index contributed by atoms with van der Waals surface area (Å²) in [5.41, 5.74) is 7.63. The van der Waals surface area contributed by atoms with Crippen molar-refractivity contribution < 1.29 is 4.79 Å². The highest BCUT2D eigenvalue weighted by Gasteiger charge is 2.28. The van der Waals surface area contributed by atoms with Crippen molar-refractivity contribution in [1.82, 2.24) is 15.5 Å². The van der Waals surface area contributed by atoms with Crippen LogP contribution < -0.4 is 11.1 Å². The fourth-order valence-electron chi connectivity index (χ4n) is 2.48. The van der Waals surface area contributed by atoms with E-state index < -0.39 is 0 Å². The number of hydrogen-bond acceptors (Lipinski definition) is 3. The molecule has 3 rings (SSSR count). The van der Waals surface area contributed by atoms with Gasteiger partial charge >= 0.3 is 0 Å². The summed E-state index contributed by atoms with van der Waals surface area (Å²) < 4.78 is 0. The third-order valence-corrected chi connectivity index (χ3v) is 3.51. The number of carbonyl (C=O) groups is 1. The molecule has 1 aliphatic rings. The van der Waals surface area contributed by atoms with Crippen LogP contribution >= 0.6 is 0 Å². The molecule has 18 heavy (non-hydrogen) atoms. The number of fused-ring (bicyclic) bond motifs is 1. The van der Waals surface area contributed by atoms with Crippen LogP contribution in [0.2, 0.25) is 0 Å². The Morgan fingerprint density at radius 2 is 2.28 bits per heavy atom. The van der Waals surface area contributed by atoms with E-state index in [9.17, 15) is 4.79 Å². The lowest BCUT2D eigenvalue weighted by Crippen LogP contribution is -2.43. The van der Waals surface area contributed by atoms with Gasteiger partial charge in [0.2, 0.25) is 0 Å². The van der Waals surface area contributed by atoms with E-state index in [0.717, 1.165) is 23.7 Å². The summed E-state index contributed by atoms with van der Waals surface area (Å²) in [6, 6.07) is 5.69. The van der Waals surface area contributed by atoms with E-state index >= 15 is 0 Å². The minimum absolute atomic E-state index is 0.122. The molecule has 0 spiro atoms. The van der Waals surface area contributed by atoms with Crippen LogP contribution in [0, 0.1) is 5.92 Å². The second kappa shape index (κ2) is 4.01. The predicted octanol–water partition coefficient (Wildman–Crippen LogP) is 1.67. The number of amides is 1. The van der Waals surface area contributed by atoms with E-state index in [-0.39, 0.29) is 5.91 Å². The Kier molecular flexibility index (Phi) is 2.47. The van der Waals surface area contributed by atoms with E-state index in [2.05, 4.69) is 22.4 Å². The van der Waals surface area contributed by atoms with Crippen LogP contribution in [0.4, 0.5) is 5.69 Å². The smallest absolute Gasteiger partial charge is 0.272 e. The maximum absolute atomic E-state index is 12.1. The van der Waals surface area contributed by atoms with Crippen molar-refractivity contribution in [3.05, 3.63) is 23.9 Å². The van der Waals surface area contributed by atoms with Gasteiger partial charge in [-0.3, -0.25) is 9.89 Å². The average molecular weight is 244 g/mol. The molecule has 94 valence electrons. The molecular formula is C13H16N4O. The predicted molar refractivity (Wildman–Crippen MR) is 70.2 cm³/mol. The van der Waals surface area contributed by atoms with Crippen LogP contribution in [-0.2, 0) is 0 Å². The highest BCUT2D eigenvalue weighted by atomic mass is 16.2. The van der Waals surface area contributed by atoms with Gasteiger partial charge < -0.3 is 11.1 Å². The molecule has 0 aliphatic heterocycles. The van der Waals surface area contributed by atoms with Crippen LogP contribution in [0.3, 0.4) is 0 Å². The molecule has 0 atom stereocenters. The summed E-state index contributed by atoms with van der Waals surface area (Å²) in [5.74, 6) is 0.589. The van der Waals surface area contributed by atoms with Gasteiger partial charge in [0.15, 0.2) is 5.69 Å². The minimum atomic E-state index is -0.122. The Balaban J connectivity index is 1.85. The summed E-state index contributed by atoms with van der Waals surface area (Å²) in [4.78, 5) is 12.1. The maximum Gasteiger partial charge on any atom is 0.272 e. The Labute approximate surface area is 105 Å². The number of H-pyrrole nitrogens is 1. The quantitative estimate of drug-likeness (QED) is 0.703. The molecule has 0 unspecified atom stereocenters. The van der Waals surface area contributed by atoms with Crippen molar-refractivity contribution in [1.29, 1.82) is 0 Å². The number of nitrogens with one attached hydrogen (secondary N) is 2. The first-order valence-electron chi connectivity index (χ1n) is 6.18. The molecule has 5 heteroatoms. The van der Waals surface area contributed by atoms with Crippen LogP contribution in [0.1, 0.15) is 30.3 Å². The largest absolute Gasteiger partial charge is 0.399 e. The molecular weight excluding hydrogens is 228 g/mol. The lowest BCUT2D eigenvalue weighted by Gasteiger charge is -2.32. The molecule has 1 saturated carbocycles. The Bertz CT molecular complexity index is 598. The average Bonchev–Trinajstić information content (AvgIpc) is 2.69. The summed E-state index contributed by atoms with van der Waals surface area (Å²) in [7, 11) is 0. The van der Waals surface area contributed by atoms with Crippen molar-refractivity contribution in [3.8, 4) is 0 Å². The van der Waals surface area contributed by atoms with Gasteiger partial charge in [0.25, 0.3) is 5.91 Å². The fraction of sp³-hybridized carbons (Fsp3) is 0.385.